The molecular formula is C25H21N3O2S. The lowest BCUT2D eigenvalue weighted by atomic mass is 9.98. The number of phenols is 1. The monoisotopic (exact) mass is 427 g/mol. The molecule has 0 amide bonds. The average molecular weight is 428 g/mol. The molecule has 2 heterocycles. The molecule has 0 spiro atoms. The lowest BCUT2D eigenvalue weighted by molar-refractivity contribution is 0.415. The first-order chi connectivity index (χ1) is 15.2. The molecule has 1 aromatic heterocycles. The van der Waals surface area contributed by atoms with Crippen molar-refractivity contribution in [2.45, 2.75) is 12.5 Å². The molecule has 0 saturated carbocycles. The SMILES string of the molecule is COc1cccc(-c2csc(N3N=C(c4ccccc4)CC3c3ccccc3O)n2)c1. The molecule has 1 atom stereocenters. The van der Waals surface area contributed by atoms with E-state index < -0.39 is 0 Å². The van der Waals surface area contributed by atoms with E-state index in [-0.39, 0.29) is 11.8 Å². The summed E-state index contributed by atoms with van der Waals surface area (Å²) < 4.78 is 5.35. The zero-order chi connectivity index (χ0) is 21.2. The van der Waals surface area contributed by atoms with Gasteiger partial charge >= 0.3 is 0 Å². The van der Waals surface area contributed by atoms with Crippen LogP contribution in [0.3, 0.4) is 0 Å². The number of nitrogens with zero attached hydrogens (tertiary/aromatic N) is 3. The first-order valence-corrected chi connectivity index (χ1v) is 10.9. The van der Waals surface area contributed by atoms with Gasteiger partial charge in [-0.3, -0.25) is 0 Å². The second-order valence-corrected chi connectivity index (χ2v) is 8.12. The van der Waals surface area contributed by atoms with E-state index in [9.17, 15) is 5.11 Å². The molecule has 0 radical (unpaired) electrons. The van der Waals surface area contributed by atoms with Gasteiger partial charge < -0.3 is 9.84 Å². The number of para-hydroxylation sites is 1. The lowest BCUT2D eigenvalue weighted by Gasteiger charge is -2.21. The number of aromatic hydroxyl groups is 1. The van der Waals surface area contributed by atoms with Crippen LogP contribution in [0.1, 0.15) is 23.6 Å². The van der Waals surface area contributed by atoms with E-state index in [1.165, 1.54) is 0 Å². The average Bonchev–Trinajstić information content (AvgIpc) is 3.48. The van der Waals surface area contributed by atoms with Gasteiger partial charge in [0.1, 0.15) is 11.5 Å². The number of methoxy groups -OCH3 is 1. The van der Waals surface area contributed by atoms with Crippen molar-refractivity contribution in [2.24, 2.45) is 5.10 Å². The molecule has 3 aromatic carbocycles. The Balaban J connectivity index is 1.55. The summed E-state index contributed by atoms with van der Waals surface area (Å²) in [5.74, 6) is 1.07. The van der Waals surface area contributed by atoms with Gasteiger partial charge in [-0.2, -0.15) is 5.10 Å². The maximum atomic E-state index is 10.5. The summed E-state index contributed by atoms with van der Waals surface area (Å²) in [5.41, 5.74) is 4.77. The minimum Gasteiger partial charge on any atom is -0.508 e. The number of thiazole rings is 1. The van der Waals surface area contributed by atoms with E-state index in [0.29, 0.717) is 6.42 Å². The minimum atomic E-state index is -0.124. The molecule has 1 aliphatic heterocycles. The molecular weight excluding hydrogens is 406 g/mol. The topological polar surface area (TPSA) is 58.0 Å². The van der Waals surface area contributed by atoms with Crippen LogP contribution in [0.25, 0.3) is 11.3 Å². The summed E-state index contributed by atoms with van der Waals surface area (Å²) in [6.07, 6.45) is 0.690. The van der Waals surface area contributed by atoms with E-state index in [4.69, 9.17) is 14.8 Å². The first-order valence-electron chi connectivity index (χ1n) is 10.0. The molecule has 31 heavy (non-hydrogen) atoms. The van der Waals surface area contributed by atoms with Crippen molar-refractivity contribution in [3.05, 3.63) is 95.4 Å². The van der Waals surface area contributed by atoms with Crippen LogP contribution in [0, 0.1) is 0 Å². The number of anilines is 1. The first kappa shape index (κ1) is 19.3. The van der Waals surface area contributed by atoms with Crippen molar-refractivity contribution in [2.75, 3.05) is 12.1 Å². The molecule has 1 unspecified atom stereocenters. The summed E-state index contributed by atoms with van der Waals surface area (Å²) in [6, 6.07) is 25.3. The predicted molar refractivity (Wildman–Crippen MR) is 125 cm³/mol. The summed E-state index contributed by atoms with van der Waals surface area (Å²) in [5, 5.41) is 20.2. The molecule has 5 rings (SSSR count). The van der Waals surface area contributed by atoms with Crippen molar-refractivity contribution in [1.29, 1.82) is 0 Å². The van der Waals surface area contributed by atoms with Crippen LogP contribution in [0.2, 0.25) is 0 Å². The lowest BCUT2D eigenvalue weighted by Crippen LogP contribution is -2.18. The number of aromatic nitrogens is 1. The van der Waals surface area contributed by atoms with E-state index >= 15 is 0 Å². The summed E-state index contributed by atoms with van der Waals surface area (Å²) in [4.78, 5) is 4.87. The summed E-state index contributed by atoms with van der Waals surface area (Å²) in [6.45, 7) is 0. The molecule has 0 fully saturated rings. The number of hydrogen-bond acceptors (Lipinski definition) is 6. The Labute approximate surface area is 184 Å². The van der Waals surface area contributed by atoms with Crippen LogP contribution in [-0.4, -0.2) is 22.9 Å². The molecule has 0 bridgehead atoms. The standard InChI is InChI=1S/C25H21N3O2S/c1-30-19-11-7-10-18(14-19)22-16-31-25(26-22)28-23(20-12-5-6-13-24(20)29)15-21(27-28)17-8-3-2-4-9-17/h2-14,16,23,29H,15H2,1H3. The third kappa shape index (κ3) is 3.78. The third-order valence-corrected chi connectivity index (χ3v) is 6.20. The van der Waals surface area contributed by atoms with Crippen LogP contribution in [0.4, 0.5) is 5.13 Å². The normalized spacial score (nSPS) is 15.7. The van der Waals surface area contributed by atoms with Crippen LogP contribution >= 0.6 is 11.3 Å². The van der Waals surface area contributed by atoms with E-state index in [1.807, 2.05) is 71.1 Å². The Hall–Kier alpha value is -3.64. The van der Waals surface area contributed by atoms with Gasteiger partial charge in [-0.25, -0.2) is 9.99 Å². The van der Waals surface area contributed by atoms with Gasteiger partial charge in [-0.05, 0) is 23.8 Å². The fraction of sp³-hybridized carbons (Fsp3) is 0.120. The van der Waals surface area contributed by atoms with Gasteiger partial charge in [0.05, 0.1) is 24.6 Å². The van der Waals surface area contributed by atoms with Crippen molar-refractivity contribution >= 4 is 22.2 Å². The van der Waals surface area contributed by atoms with Gasteiger partial charge in [0.25, 0.3) is 0 Å². The van der Waals surface area contributed by atoms with E-state index in [0.717, 1.165) is 39.0 Å². The zero-order valence-electron chi connectivity index (χ0n) is 17.0. The Morgan fingerprint density at radius 1 is 0.968 bits per heavy atom. The summed E-state index contributed by atoms with van der Waals surface area (Å²) >= 11 is 1.54. The Kier molecular flexibility index (Phi) is 5.14. The van der Waals surface area contributed by atoms with Crippen molar-refractivity contribution in [3.8, 4) is 22.8 Å². The Morgan fingerprint density at radius 3 is 2.55 bits per heavy atom. The Morgan fingerprint density at radius 2 is 1.74 bits per heavy atom. The summed E-state index contributed by atoms with van der Waals surface area (Å²) in [7, 11) is 1.66. The van der Waals surface area contributed by atoms with Crippen LogP contribution in [-0.2, 0) is 0 Å². The number of benzene rings is 3. The van der Waals surface area contributed by atoms with Crippen molar-refractivity contribution in [1.82, 2.24) is 4.98 Å². The highest BCUT2D eigenvalue weighted by atomic mass is 32.1. The quantitative estimate of drug-likeness (QED) is 0.432. The highest BCUT2D eigenvalue weighted by Gasteiger charge is 2.33. The third-order valence-electron chi connectivity index (χ3n) is 5.37. The van der Waals surface area contributed by atoms with Crippen LogP contribution in [0.15, 0.2) is 89.3 Å². The smallest absolute Gasteiger partial charge is 0.207 e. The Bertz CT molecular complexity index is 1240. The maximum Gasteiger partial charge on any atom is 0.207 e. The largest absolute Gasteiger partial charge is 0.508 e. The molecule has 6 heteroatoms. The molecule has 0 aliphatic carbocycles. The van der Waals surface area contributed by atoms with Gasteiger partial charge in [0.15, 0.2) is 0 Å². The second-order valence-electron chi connectivity index (χ2n) is 7.28. The van der Waals surface area contributed by atoms with E-state index in [2.05, 4.69) is 12.1 Å². The maximum absolute atomic E-state index is 10.5. The highest BCUT2D eigenvalue weighted by molar-refractivity contribution is 7.14. The van der Waals surface area contributed by atoms with Gasteiger partial charge in [-0.1, -0.05) is 60.7 Å². The van der Waals surface area contributed by atoms with Crippen molar-refractivity contribution in [3.63, 3.8) is 0 Å². The van der Waals surface area contributed by atoms with E-state index in [1.54, 1.807) is 24.5 Å². The molecule has 154 valence electrons. The highest BCUT2D eigenvalue weighted by Crippen LogP contribution is 2.41. The predicted octanol–water partition coefficient (Wildman–Crippen LogP) is 5.88. The minimum absolute atomic E-state index is 0.124. The molecule has 0 saturated heterocycles. The fourth-order valence-electron chi connectivity index (χ4n) is 3.79. The van der Waals surface area contributed by atoms with Gasteiger partial charge in [0, 0.05) is 22.9 Å². The van der Waals surface area contributed by atoms with Gasteiger partial charge in [-0.15, -0.1) is 11.3 Å². The number of ether oxygens (including phenoxy) is 1. The molecule has 1 N–H and O–H groups in total. The number of rotatable bonds is 5. The number of hydrazone groups is 1. The molecule has 4 aromatic rings. The second kappa shape index (κ2) is 8.24. The number of phenolic OH excluding ortho intramolecular Hbond substituents is 1. The number of hydrogen-bond donors (Lipinski definition) is 1. The van der Waals surface area contributed by atoms with Crippen molar-refractivity contribution < 1.29 is 9.84 Å². The fourth-order valence-corrected chi connectivity index (χ4v) is 4.62. The molecule has 5 nitrogen and oxygen atoms in total. The molecule has 1 aliphatic rings. The van der Waals surface area contributed by atoms with Crippen LogP contribution in [0.5, 0.6) is 11.5 Å². The zero-order valence-corrected chi connectivity index (χ0v) is 17.8. The van der Waals surface area contributed by atoms with Gasteiger partial charge in [0.2, 0.25) is 5.13 Å². The van der Waals surface area contributed by atoms with Crippen LogP contribution < -0.4 is 9.75 Å².